The highest BCUT2D eigenvalue weighted by Crippen LogP contribution is 2.27. The molecule has 0 fully saturated rings. The Morgan fingerprint density at radius 2 is 1.89 bits per heavy atom. The summed E-state index contributed by atoms with van der Waals surface area (Å²) in [5, 5.41) is 0. The Morgan fingerprint density at radius 1 is 1.33 bits per heavy atom. The molecule has 0 aromatic carbocycles. The van der Waals surface area contributed by atoms with Gasteiger partial charge in [0.05, 0.1) is 0 Å². The Labute approximate surface area is 53.6 Å². The maximum absolute atomic E-state index is 11.6. The van der Waals surface area contributed by atoms with Gasteiger partial charge in [-0.3, -0.25) is 0 Å². The lowest BCUT2D eigenvalue weighted by atomic mass is 10.0. The first kappa shape index (κ1) is 6.59. The van der Waals surface area contributed by atoms with E-state index in [-0.39, 0.29) is 12.3 Å². The van der Waals surface area contributed by atoms with Gasteiger partial charge in [-0.1, -0.05) is 12.2 Å². The van der Waals surface area contributed by atoms with E-state index in [4.69, 9.17) is 0 Å². The standard InChI is InChI=1S/C7H9F2/c8-7(9)5-6-3-1-2-4-6/h1-2,6H,3-5H2/q+1. The Balaban J connectivity index is 2.14. The molecule has 1 rings (SSSR count). The van der Waals surface area contributed by atoms with Crippen LogP contribution in [0.5, 0.6) is 0 Å². The lowest BCUT2D eigenvalue weighted by Crippen LogP contribution is -1.95. The van der Waals surface area contributed by atoms with Crippen LogP contribution in [0.1, 0.15) is 19.3 Å². The summed E-state index contributed by atoms with van der Waals surface area (Å²) in [6, 6.07) is 0. The zero-order chi connectivity index (χ0) is 6.69. The highest BCUT2D eigenvalue weighted by Gasteiger charge is 2.27. The largest absolute Gasteiger partial charge is 0.505 e. The summed E-state index contributed by atoms with van der Waals surface area (Å²) in [5.41, 5.74) is 0. The Hall–Kier alpha value is -0.530. The molecule has 0 bridgehead atoms. The second-order valence-corrected chi connectivity index (χ2v) is 2.35. The molecule has 0 unspecified atom stereocenters. The van der Waals surface area contributed by atoms with Crippen LogP contribution in [0.25, 0.3) is 0 Å². The van der Waals surface area contributed by atoms with E-state index in [9.17, 15) is 8.78 Å². The molecule has 0 N–H and O–H groups in total. The van der Waals surface area contributed by atoms with Gasteiger partial charge in [0.1, 0.15) is 0 Å². The van der Waals surface area contributed by atoms with Gasteiger partial charge in [-0.2, -0.15) is 0 Å². The molecule has 0 nitrogen and oxygen atoms in total. The average Bonchev–Trinajstić information content (AvgIpc) is 2.15. The van der Waals surface area contributed by atoms with Crippen LogP contribution in [-0.2, 0) is 0 Å². The molecule has 0 aliphatic heterocycles. The third-order valence-corrected chi connectivity index (χ3v) is 1.55. The predicted molar refractivity (Wildman–Crippen MR) is 31.9 cm³/mol. The molecule has 9 heavy (non-hydrogen) atoms. The number of halogens is 2. The third kappa shape index (κ3) is 2.04. The second-order valence-electron chi connectivity index (χ2n) is 2.35. The van der Waals surface area contributed by atoms with Crippen molar-refractivity contribution in [2.75, 3.05) is 0 Å². The molecule has 0 heterocycles. The van der Waals surface area contributed by atoms with Gasteiger partial charge in [0.15, 0.2) is 6.42 Å². The van der Waals surface area contributed by atoms with Gasteiger partial charge < -0.3 is 0 Å². The molecule has 0 saturated carbocycles. The number of hydrogen-bond donors (Lipinski definition) is 0. The SMILES string of the molecule is F[C+](F)CC1CC=CC1. The number of allylic oxidation sites excluding steroid dienone is 2. The molecule has 50 valence electrons. The zero-order valence-electron chi connectivity index (χ0n) is 5.11. The lowest BCUT2D eigenvalue weighted by Gasteiger charge is -1.96. The van der Waals surface area contributed by atoms with Crippen molar-refractivity contribution in [3.8, 4) is 0 Å². The van der Waals surface area contributed by atoms with Crippen LogP contribution in [0, 0.1) is 12.3 Å². The molecule has 0 aromatic rings. The number of hydrogen-bond acceptors (Lipinski definition) is 0. The van der Waals surface area contributed by atoms with E-state index in [1.807, 2.05) is 12.2 Å². The van der Waals surface area contributed by atoms with E-state index in [0.29, 0.717) is 0 Å². The van der Waals surface area contributed by atoms with Gasteiger partial charge in [-0.05, 0) is 12.8 Å². The first-order chi connectivity index (χ1) is 4.29. The maximum Gasteiger partial charge on any atom is 0.505 e. The molecule has 2 heteroatoms. The van der Waals surface area contributed by atoms with Crippen LogP contribution >= 0.6 is 0 Å². The zero-order valence-corrected chi connectivity index (χ0v) is 5.11. The van der Waals surface area contributed by atoms with Crippen molar-refractivity contribution in [1.29, 1.82) is 0 Å². The number of rotatable bonds is 2. The fourth-order valence-corrected chi connectivity index (χ4v) is 1.06. The first-order valence-corrected chi connectivity index (χ1v) is 3.11. The van der Waals surface area contributed by atoms with Crippen LogP contribution in [0.15, 0.2) is 12.2 Å². The van der Waals surface area contributed by atoms with Gasteiger partial charge in [0.25, 0.3) is 0 Å². The average molecular weight is 131 g/mol. The highest BCUT2D eigenvalue weighted by atomic mass is 19.3. The minimum absolute atomic E-state index is 0.00694. The van der Waals surface area contributed by atoms with Crippen LogP contribution in [0.3, 0.4) is 0 Å². The van der Waals surface area contributed by atoms with Crippen molar-refractivity contribution in [3.63, 3.8) is 0 Å². The van der Waals surface area contributed by atoms with Crippen molar-refractivity contribution in [1.82, 2.24) is 0 Å². The molecular formula is C7H9F2+. The minimum Gasteiger partial charge on any atom is -0.0881 e. The van der Waals surface area contributed by atoms with Crippen LogP contribution in [0.4, 0.5) is 8.78 Å². The third-order valence-electron chi connectivity index (χ3n) is 1.55. The van der Waals surface area contributed by atoms with Crippen molar-refractivity contribution < 1.29 is 8.78 Å². The van der Waals surface area contributed by atoms with Crippen molar-refractivity contribution >= 4 is 0 Å². The molecule has 0 atom stereocenters. The summed E-state index contributed by atoms with van der Waals surface area (Å²) < 4.78 is 23.2. The van der Waals surface area contributed by atoms with Crippen molar-refractivity contribution in [2.45, 2.75) is 19.3 Å². The van der Waals surface area contributed by atoms with Gasteiger partial charge >= 0.3 is 6.43 Å². The van der Waals surface area contributed by atoms with Crippen LogP contribution in [-0.4, -0.2) is 0 Å². The van der Waals surface area contributed by atoms with E-state index < -0.39 is 6.43 Å². The monoisotopic (exact) mass is 131 g/mol. The van der Waals surface area contributed by atoms with E-state index >= 15 is 0 Å². The molecule has 0 aromatic heterocycles. The molecule has 1 aliphatic carbocycles. The summed E-state index contributed by atoms with van der Waals surface area (Å²) in [5.74, 6) is 0.190. The van der Waals surface area contributed by atoms with Gasteiger partial charge in [0.2, 0.25) is 0 Å². The van der Waals surface area contributed by atoms with Gasteiger partial charge in [-0.25, -0.2) is 0 Å². The van der Waals surface area contributed by atoms with Crippen molar-refractivity contribution in [3.05, 3.63) is 18.6 Å². The smallest absolute Gasteiger partial charge is 0.0881 e. The fourth-order valence-electron chi connectivity index (χ4n) is 1.06. The fraction of sp³-hybridized carbons (Fsp3) is 0.571. The summed E-state index contributed by atoms with van der Waals surface area (Å²) in [6.45, 7) is 0. The Kier molecular flexibility index (Phi) is 2.09. The van der Waals surface area contributed by atoms with E-state index in [1.54, 1.807) is 0 Å². The van der Waals surface area contributed by atoms with Crippen LogP contribution < -0.4 is 0 Å². The topological polar surface area (TPSA) is 0 Å². The van der Waals surface area contributed by atoms with Crippen LogP contribution in [0.2, 0.25) is 0 Å². The second kappa shape index (κ2) is 2.85. The van der Waals surface area contributed by atoms with E-state index in [0.717, 1.165) is 12.8 Å². The first-order valence-electron chi connectivity index (χ1n) is 3.11. The minimum atomic E-state index is -1.43. The summed E-state index contributed by atoms with van der Waals surface area (Å²) in [6.07, 6.45) is 4.16. The molecule has 1 aliphatic rings. The molecule has 0 saturated heterocycles. The quantitative estimate of drug-likeness (QED) is 0.399. The van der Waals surface area contributed by atoms with Gasteiger partial charge in [-0.15, -0.1) is 0 Å². The highest BCUT2D eigenvalue weighted by molar-refractivity contribution is 4.95. The summed E-state index contributed by atoms with van der Waals surface area (Å²) in [7, 11) is 0. The maximum atomic E-state index is 11.6. The molecular weight excluding hydrogens is 122 g/mol. The van der Waals surface area contributed by atoms with Crippen molar-refractivity contribution in [2.24, 2.45) is 5.92 Å². The molecule has 0 spiro atoms. The van der Waals surface area contributed by atoms with E-state index in [1.165, 1.54) is 0 Å². The van der Waals surface area contributed by atoms with E-state index in [2.05, 4.69) is 0 Å². The lowest BCUT2D eigenvalue weighted by molar-refractivity contribution is 0.241. The summed E-state index contributed by atoms with van der Waals surface area (Å²) >= 11 is 0. The molecule has 0 amide bonds. The Bertz CT molecular complexity index is 99.5. The molecule has 0 radical (unpaired) electrons. The van der Waals surface area contributed by atoms with Gasteiger partial charge in [0, 0.05) is 14.7 Å². The predicted octanol–water partition coefficient (Wildman–Crippen LogP) is 2.77. The summed E-state index contributed by atoms with van der Waals surface area (Å²) in [4.78, 5) is 0. The normalized spacial score (nSPS) is 18.9. The Morgan fingerprint density at radius 3 is 2.33 bits per heavy atom.